The molecule has 7 nitrogen and oxygen atoms in total. The van der Waals surface area contributed by atoms with Gasteiger partial charge in [0.1, 0.15) is 0 Å². The Kier molecular flexibility index (Phi) is 4.38. The number of aromatic nitrogens is 5. The molecule has 30 heavy (non-hydrogen) atoms. The highest BCUT2D eigenvalue weighted by Crippen LogP contribution is 2.31. The van der Waals surface area contributed by atoms with Crippen LogP contribution in [0.15, 0.2) is 42.7 Å². The molecule has 0 aliphatic carbocycles. The molecular formula is C23H24N6O. The van der Waals surface area contributed by atoms with Crippen LogP contribution in [0.2, 0.25) is 0 Å². The van der Waals surface area contributed by atoms with E-state index in [1.54, 1.807) is 4.68 Å². The summed E-state index contributed by atoms with van der Waals surface area (Å²) < 4.78 is 1.80. The molecule has 1 aliphatic rings. The number of nitrogens with zero attached hydrogens (tertiary/aromatic N) is 5. The van der Waals surface area contributed by atoms with Crippen LogP contribution in [0.3, 0.4) is 0 Å². The summed E-state index contributed by atoms with van der Waals surface area (Å²) >= 11 is 0. The number of aryl methyl sites for hydroxylation is 3. The maximum atomic E-state index is 13.2. The number of likely N-dealkylation sites (tertiary alicyclic amines) is 1. The van der Waals surface area contributed by atoms with Crippen LogP contribution < -0.4 is 0 Å². The van der Waals surface area contributed by atoms with Gasteiger partial charge in [0.2, 0.25) is 0 Å². The summed E-state index contributed by atoms with van der Waals surface area (Å²) in [7, 11) is 1.92. The number of nitrogens with one attached hydrogen (secondary N) is 1. The van der Waals surface area contributed by atoms with Crippen LogP contribution in [0.5, 0.6) is 0 Å². The highest BCUT2D eigenvalue weighted by atomic mass is 16.2. The predicted molar refractivity (Wildman–Crippen MR) is 115 cm³/mol. The number of pyridine rings is 1. The maximum absolute atomic E-state index is 13.2. The van der Waals surface area contributed by atoms with Gasteiger partial charge in [-0.05, 0) is 50.1 Å². The van der Waals surface area contributed by atoms with E-state index < -0.39 is 0 Å². The monoisotopic (exact) mass is 400 g/mol. The number of carbonyl (C=O) groups excluding carboxylic acids is 1. The standard InChI is InChI=1S/C23H24N6O/c1-14-4-5-20-19(8-14)22(27-26-20)23(30)29-7-6-16(13-29)21-10-17(9-15(2)25-21)18-11-24-28(3)12-18/h4-5,8-12,16H,6-7,13H2,1-3H3,(H,26,27). The van der Waals surface area contributed by atoms with Crippen molar-refractivity contribution in [1.82, 2.24) is 29.9 Å². The lowest BCUT2D eigenvalue weighted by Gasteiger charge is -2.16. The summed E-state index contributed by atoms with van der Waals surface area (Å²) in [6.07, 6.45) is 4.78. The second-order valence-corrected chi connectivity index (χ2v) is 8.18. The van der Waals surface area contributed by atoms with Gasteiger partial charge in [-0.3, -0.25) is 19.6 Å². The fraction of sp³-hybridized carbons (Fsp3) is 0.304. The van der Waals surface area contributed by atoms with Crippen molar-refractivity contribution in [3.63, 3.8) is 0 Å². The van der Waals surface area contributed by atoms with Gasteiger partial charge in [-0.2, -0.15) is 10.2 Å². The Bertz CT molecular complexity index is 1250. The second-order valence-electron chi connectivity index (χ2n) is 8.18. The van der Waals surface area contributed by atoms with Crippen molar-refractivity contribution in [1.29, 1.82) is 0 Å². The number of amides is 1. The minimum atomic E-state index is -0.0190. The number of rotatable bonds is 3. The first-order valence-corrected chi connectivity index (χ1v) is 10.2. The third kappa shape index (κ3) is 3.26. The van der Waals surface area contributed by atoms with Gasteiger partial charge in [0.15, 0.2) is 5.69 Å². The van der Waals surface area contributed by atoms with Gasteiger partial charge in [0, 0.05) is 54.6 Å². The zero-order valence-corrected chi connectivity index (χ0v) is 17.4. The van der Waals surface area contributed by atoms with E-state index in [4.69, 9.17) is 4.98 Å². The van der Waals surface area contributed by atoms with E-state index in [9.17, 15) is 4.79 Å². The largest absolute Gasteiger partial charge is 0.337 e. The Balaban J connectivity index is 1.40. The molecule has 1 unspecified atom stereocenters. The number of hydrogen-bond donors (Lipinski definition) is 1. The molecule has 7 heteroatoms. The van der Waals surface area contributed by atoms with Gasteiger partial charge < -0.3 is 4.90 Å². The van der Waals surface area contributed by atoms with Crippen LogP contribution in [0.1, 0.15) is 39.8 Å². The molecule has 0 bridgehead atoms. The molecular weight excluding hydrogens is 376 g/mol. The van der Waals surface area contributed by atoms with Crippen LogP contribution in [0.4, 0.5) is 0 Å². The third-order valence-electron chi connectivity index (χ3n) is 5.83. The minimum Gasteiger partial charge on any atom is -0.337 e. The number of aromatic amines is 1. The molecule has 0 radical (unpaired) electrons. The van der Waals surface area contributed by atoms with Crippen molar-refractivity contribution in [2.75, 3.05) is 13.1 Å². The fourth-order valence-corrected chi connectivity index (χ4v) is 4.27. The first-order valence-electron chi connectivity index (χ1n) is 10.2. The van der Waals surface area contributed by atoms with Crippen molar-refractivity contribution in [2.24, 2.45) is 7.05 Å². The molecule has 1 amide bonds. The van der Waals surface area contributed by atoms with E-state index in [2.05, 4.69) is 27.4 Å². The molecule has 1 aliphatic heterocycles. The number of H-pyrrole nitrogens is 1. The van der Waals surface area contributed by atoms with E-state index >= 15 is 0 Å². The predicted octanol–water partition coefficient (Wildman–Crippen LogP) is 3.60. The normalized spacial score (nSPS) is 16.5. The lowest BCUT2D eigenvalue weighted by molar-refractivity contribution is 0.0786. The second kappa shape index (κ2) is 7.09. The summed E-state index contributed by atoms with van der Waals surface area (Å²) in [5.41, 5.74) is 6.71. The van der Waals surface area contributed by atoms with E-state index in [1.807, 2.05) is 56.4 Å². The zero-order chi connectivity index (χ0) is 20.8. The SMILES string of the molecule is Cc1ccc2[nH]nc(C(=O)N3CCC(c4cc(-c5cnn(C)c5)cc(C)n4)C3)c2c1. The van der Waals surface area contributed by atoms with Gasteiger partial charge in [-0.1, -0.05) is 11.6 Å². The fourth-order valence-electron chi connectivity index (χ4n) is 4.27. The van der Waals surface area contributed by atoms with E-state index in [-0.39, 0.29) is 11.8 Å². The van der Waals surface area contributed by atoms with Gasteiger partial charge in [-0.25, -0.2) is 0 Å². The summed E-state index contributed by atoms with van der Waals surface area (Å²) in [5, 5.41) is 12.5. The van der Waals surface area contributed by atoms with Crippen molar-refractivity contribution in [2.45, 2.75) is 26.2 Å². The third-order valence-corrected chi connectivity index (χ3v) is 5.83. The van der Waals surface area contributed by atoms with Gasteiger partial charge in [0.05, 0.1) is 11.7 Å². The molecule has 1 saturated heterocycles. The molecule has 5 rings (SSSR count). The molecule has 4 heterocycles. The lowest BCUT2D eigenvalue weighted by atomic mass is 10.00. The summed E-state index contributed by atoms with van der Waals surface area (Å²) in [4.78, 5) is 19.9. The van der Waals surface area contributed by atoms with Gasteiger partial charge in [-0.15, -0.1) is 0 Å². The highest BCUT2D eigenvalue weighted by molar-refractivity contribution is 6.04. The maximum Gasteiger partial charge on any atom is 0.275 e. The molecule has 1 atom stereocenters. The van der Waals surface area contributed by atoms with E-state index in [1.165, 1.54) is 0 Å². The minimum absolute atomic E-state index is 0.0190. The zero-order valence-electron chi connectivity index (χ0n) is 17.4. The molecule has 4 aromatic rings. The molecule has 1 aromatic carbocycles. The van der Waals surface area contributed by atoms with Gasteiger partial charge in [0.25, 0.3) is 5.91 Å². The number of hydrogen-bond acceptors (Lipinski definition) is 4. The smallest absolute Gasteiger partial charge is 0.275 e. The number of fused-ring (bicyclic) bond motifs is 1. The summed E-state index contributed by atoms with van der Waals surface area (Å²) in [5.74, 6) is 0.200. The average Bonchev–Trinajstić information content (AvgIpc) is 3.46. The molecule has 0 saturated carbocycles. The number of carbonyl (C=O) groups is 1. The first kappa shape index (κ1) is 18.5. The quantitative estimate of drug-likeness (QED) is 0.570. The highest BCUT2D eigenvalue weighted by Gasteiger charge is 2.31. The van der Waals surface area contributed by atoms with Gasteiger partial charge >= 0.3 is 0 Å². The van der Waals surface area contributed by atoms with E-state index in [0.717, 1.165) is 45.4 Å². The Morgan fingerprint density at radius 3 is 2.83 bits per heavy atom. The van der Waals surface area contributed by atoms with Crippen molar-refractivity contribution < 1.29 is 4.79 Å². The van der Waals surface area contributed by atoms with Crippen LogP contribution in [0.25, 0.3) is 22.0 Å². The summed E-state index contributed by atoms with van der Waals surface area (Å²) in [6, 6.07) is 10.2. The Hall–Kier alpha value is -3.48. The first-order chi connectivity index (χ1) is 14.5. The van der Waals surface area contributed by atoms with Crippen LogP contribution in [-0.2, 0) is 7.05 Å². The van der Waals surface area contributed by atoms with E-state index in [0.29, 0.717) is 18.8 Å². The topological polar surface area (TPSA) is 79.7 Å². The number of benzene rings is 1. The lowest BCUT2D eigenvalue weighted by Crippen LogP contribution is -2.29. The average molecular weight is 400 g/mol. The Morgan fingerprint density at radius 1 is 1.17 bits per heavy atom. The van der Waals surface area contributed by atoms with Crippen LogP contribution in [-0.4, -0.2) is 48.9 Å². The van der Waals surface area contributed by atoms with Crippen molar-refractivity contribution in [3.8, 4) is 11.1 Å². The molecule has 0 spiro atoms. The van der Waals surface area contributed by atoms with Crippen LogP contribution in [0, 0.1) is 13.8 Å². The molecule has 152 valence electrons. The molecule has 1 fully saturated rings. The van der Waals surface area contributed by atoms with Crippen molar-refractivity contribution >= 4 is 16.8 Å². The molecule has 3 aromatic heterocycles. The summed E-state index contributed by atoms with van der Waals surface area (Å²) in [6.45, 7) is 5.40. The Morgan fingerprint density at radius 2 is 2.03 bits per heavy atom. The Labute approximate surface area is 174 Å². The van der Waals surface area contributed by atoms with Crippen LogP contribution >= 0.6 is 0 Å². The molecule has 1 N–H and O–H groups in total. The van der Waals surface area contributed by atoms with Crippen molar-refractivity contribution in [3.05, 3.63) is 65.4 Å².